The molecule has 1 aliphatic heterocycles. The van der Waals surface area contributed by atoms with Gasteiger partial charge in [-0.3, -0.25) is 19.4 Å². The third-order valence-corrected chi connectivity index (χ3v) is 9.35. The van der Waals surface area contributed by atoms with Crippen LogP contribution < -0.4 is 36.5 Å². The van der Waals surface area contributed by atoms with Crippen molar-refractivity contribution >= 4 is 74.7 Å². The molecule has 4 aromatic rings. The highest BCUT2D eigenvalue weighted by atomic mass is 35.5. The highest BCUT2D eigenvalue weighted by Gasteiger charge is 2.39. The largest absolute Gasteiger partial charge is 0.493 e. The number of hydrogen-bond acceptors (Lipinski definition) is 14. The molecule has 1 atom stereocenters. The Bertz CT molecular complexity index is 2520. The molecule has 0 saturated carbocycles. The van der Waals surface area contributed by atoms with Gasteiger partial charge >= 0.3 is 24.2 Å². The molecular weight excluding hydrogens is 983 g/mol. The van der Waals surface area contributed by atoms with E-state index in [0.717, 1.165) is 0 Å². The Balaban J connectivity index is 0.000000260. The zero-order chi connectivity index (χ0) is 50.7. The topological polar surface area (TPSA) is 219 Å². The number of ether oxygens (including phenoxy) is 6. The number of nitrogens with zero attached hydrogens (tertiary/aromatic N) is 3. The number of fused-ring (bicyclic) bond motifs is 2. The van der Waals surface area contributed by atoms with E-state index in [9.17, 15) is 49.5 Å². The molecule has 1 unspecified atom stereocenters. The van der Waals surface area contributed by atoms with E-state index in [1.54, 1.807) is 34.9 Å². The van der Waals surface area contributed by atoms with Crippen LogP contribution >= 0.6 is 23.2 Å². The summed E-state index contributed by atoms with van der Waals surface area (Å²) < 4.78 is 130. The summed E-state index contributed by atoms with van der Waals surface area (Å²) in [6.07, 6.45) is -5.30. The summed E-state index contributed by atoms with van der Waals surface area (Å²) in [4.78, 5) is 45.7. The van der Waals surface area contributed by atoms with Crippen LogP contribution in [0, 0.1) is 17.6 Å². The highest BCUT2D eigenvalue weighted by Crippen LogP contribution is 2.35. The average Bonchev–Trinajstić information content (AvgIpc) is 3.30. The number of aromatic nitrogens is 2. The number of alkyl halides is 6. The van der Waals surface area contributed by atoms with Crippen LogP contribution in [-0.2, 0) is 33.3 Å². The van der Waals surface area contributed by atoms with Gasteiger partial charge in [-0.15, -0.1) is 0 Å². The lowest BCUT2D eigenvalue weighted by atomic mass is 9.94. The molecule has 0 spiro atoms. The standard InChI is InChI=1S/C21H19ClF4N4O4.C15H18F3N3O5.C6H5ClFN/c1-32-17-9-13-16(28-11-29-19(13)30-12-2-3-15(23)14(22)8-12)10-18(17)34-7-6-33-5-4-27-20(31)21(24,25)26;1-24-11-6-9-10(20-8-21-13(9)22)7-12(11)26-5-4-25-3-2-19-14(23)15(16,17)18;7-5-3-4(9)1-2-6(5)8/h2-3,8-11H,4-7H2,1H3,(H,27,31)(H,28,29,30);6-7,9H,2-5,8H2,1H3,(H,19,23)(H,21,22);1-3H,9H2. The van der Waals surface area contributed by atoms with E-state index in [4.69, 9.17) is 57.4 Å². The second-order valence-electron chi connectivity index (χ2n) is 13.6. The van der Waals surface area contributed by atoms with Crippen molar-refractivity contribution in [2.24, 2.45) is 10.9 Å². The van der Waals surface area contributed by atoms with Crippen molar-refractivity contribution in [2.45, 2.75) is 12.4 Å². The molecule has 374 valence electrons. The molecule has 0 fully saturated rings. The fraction of sp³-hybridized carbons (Fsp3) is 0.333. The molecule has 0 radical (unpaired) electrons. The van der Waals surface area contributed by atoms with E-state index >= 15 is 0 Å². The van der Waals surface area contributed by atoms with E-state index in [2.05, 4.69) is 25.6 Å². The average molecular weight is 1030 g/mol. The van der Waals surface area contributed by atoms with Crippen LogP contribution in [0.3, 0.4) is 0 Å². The molecule has 17 nitrogen and oxygen atoms in total. The minimum absolute atomic E-state index is 0.0402. The lowest BCUT2D eigenvalue weighted by Crippen LogP contribution is -2.40. The van der Waals surface area contributed by atoms with Crippen LogP contribution in [0.2, 0.25) is 10.0 Å². The van der Waals surface area contributed by atoms with Crippen molar-refractivity contribution < 1.29 is 77.9 Å². The molecule has 0 saturated heterocycles. The number of benzene rings is 3. The van der Waals surface area contributed by atoms with Gasteiger partial charge < -0.3 is 55.4 Å². The molecular formula is C42H42Cl2F8N8O9. The van der Waals surface area contributed by atoms with Crippen LogP contribution in [0.5, 0.6) is 11.5 Å². The molecule has 1 aromatic heterocycles. The molecule has 6 rings (SSSR count). The van der Waals surface area contributed by atoms with Crippen LogP contribution in [0.1, 0.15) is 0 Å². The summed E-state index contributed by atoms with van der Waals surface area (Å²) in [6.45, 7) is -0.248. The van der Waals surface area contributed by atoms with Crippen molar-refractivity contribution in [2.75, 3.05) is 84.7 Å². The first-order valence-corrected chi connectivity index (χ1v) is 20.6. The number of nitrogens with one attached hydrogen (secondary N) is 4. The number of carbonyl (C=O) groups is 3. The second-order valence-corrected chi connectivity index (χ2v) is 14.4. The molecule has 1 aliphatic carbocycles. The fourth-order valence-corrected chi connectivity index (χ4v) is 5.90. The molecule has 27 heteroatoms. The van der Waals surface area contributed by atoms with Crippen LogP contribution in [-0.4, -0.2) is 119 Å². The van der Waals surface area contributed by atoms with Gasteiger partial charge in [0.05, 0.1) is 61.9 Å². The quantitative estimate of drug-likeness (QED) is 0.0405. The fourth-order valence-electron chi connectivity index (χ4n) is 5.53. The normalized spacial score (nSPS) is 14.2. The van der Waals surface area contributed by atoms with Crippen molar-refractivity contribution in [3.8, 4) is 11.5 Å². The number of methoxy groups -OCH3 is 2. The number of anilines is 3. The molecule has 3 aromatic carbocycles. The van der Waals surface area contributed by atoms with Gasteiger partial charge in [-0.25, -0.2) is 18.7 Å². The summed E-state index contributed by atoms with van der Waals surface area (Å²) >= 11 is 11.2. The number of allylic oxidation sites excluding steroid dienone is 1. The summed E-state index contributed by atoms with van der Waals surface area (Å²) in [5.41, 5.74) is 7.35. The maximum atomic E-state index is 13.4. The SMILES string of the molecule is COC1=CC2C(=O)NCN=C2C=C1OCCOCCNC(=O)C(F)(F)F.COc1cc2c(Nc3ccc(F)c(Cl)c3)ncnc2cc1OCCOCCNC(=O)C(F)(F)F.Nc1ccc(F)c(Cl)c1. The smallest absolute Gasteiger partial charge is 0.471 e. The van der Waals surface area contributed by atoms with Gasteiger partial charge in [-0.1, -0.05) is 23.2 Å². The number of nitrogens with two attached hydrogens (primary N) is 1. The molecule has 2 aliphatic rings. The predicted octanol–water partition coefficient (Wildman–Crippen LogP) is 6.58. The Morgan fingerprint density at radius 1 is 0.768 bits per heavy atom. The summed E-state index contributed by atoms with van der Waals surface area (Å²) in [5, 5.41) is 9.69. The Morgan fingerprint density at radius 3 is 1.94 bits per heavy atom. The highest BCUT2D eigenvalue weighted by molar-refractivity contribution is 6.31. The Kier molecular flexibility index (Phi) is 20.8. The summed E-state index contributed by atoms with van der Waals surface area (Å²) in [7, 11) is 2.89. The van der Waals surface area contributed by atoms with E-state index in [0.29, 0.717) is 56.8 Å². The minimum Gasteiger partial charge on any atom is -0.493 e. The van der Waals surface area contributed by atoms with Gasteiger partial charge in [0.1, 0.15) is 49.6 Å². The van der Waals surface area contributed by atoms with Crippen molar-refractivity contribution in [3.63, 3.8) is 0 Å². The number of amides is 3. The first-order valence-electron chi connectivity index (χ1n) is 19.9. The first kappa shape index (κ1) is 54.9. The molecule has 0 bridgehead atoms. The number of rotatable bonds is 18. The van der Waals surface area contributed by atoms with Gasteiger partial charge in [-0.2, -0.15) is 26.3 Å². The van der Waals surface area contributed by atoms with E-state index in [1.807, 2.05) is 0 Å². The minimum atomic E-state index is -4.93. The summed E-state index contributed by atoms with van der Waals surface area (Å²) in [6, 6.07) is 11.5. The number of nitrogen functional groups attached to an aromatic ring is 1. The maximum absolute atomic E-state index is 13.4. The molecule has 3 amide bonds. The lowest BCUT2D eigenvalue weighted by molar-refractivity contribution is -0.173. The zero-order valence-electron chi connectivity index (χ0n) is 36.2. The Labute approximate surface area is 397 Å². The van der Waals surface area contributed by atoms with Crippen molar-refractivity contribution in [1.29, 1.82) is 0 Å². The number of hydrogen-bond donors (Lipinski definition) is 5. The van der Waals surface area contributed by atoms with Crippen LogP contribution in [0.15, 0.2) is 83.5 Å². The molecule has 6 N–H and O–H groups in total. The Morgan fingerprint density at radius 2 is 1.38 bits per heavy atom. The Hall–Kier alpha value is -6.70. The number of halogens is 10. The third-order valence-electron chi connectivity index (χ3n) is 8.77. The van der Waals surface area contributed by atoms with Gasteiger partial charge in [0, 0.05) is 42.0 Å². The van der Waals surface area contributed by atoms with Crippen LogP contribution in [0.25, 0.3) is 10.9 Å². The first-order chi connectivity index (χ1) is 32.7. The molecule has 2 heterocycles. The van der Waals surface area contributed by atoms with Gasteiger partial charge in [-0.05, 0) is 48.5 Å². The monoisotopic (exact) mass is 1020 g/mol. The summed E-state index contributed by atoms with van der Waals surface area (Å²) in [5.74, 6) is -3.79. The number of aliphatic imine (C=N–C) groups is 1. The van der Waals surface area contributed by atoms with E-state index in [-0.39, 0.29) is 75.4 Å². The lowest BCUT2D eigenvalue weighted by Gasteiger charge is -2.25. The second kappa shape index (κ2) is 26.2. The van der Waals surface area contributed by atoms with Crippen LogP contribution in [0.4, 0.5) is 52.3 Å². The number of carbonyl (C=O) groups excluding carboxylic acids is 3. The van der Waals surface area contributed by atoms with Gasteiger partial charge in [0.2, 0.25) is 5.91 Å². The zero-order valence-corrected chi connectivity index (χ0v) is 37.7. The van der Waals surface area contributed by atoms with Crippen molar-refractivity contribution in [1.82, 2.24) is 25.9 Å². The van der Waals surface area contributed by atoms with Gasteiger partial charge in [0.25, 0.3) is 0 Å². The third kappa shape index (κ3) is 17.4. The maximum Gasteiger partial charge on any atom is 0.471 e. The van der Waals surface area contributed by atoms with Crippen molar-refractivity contribution in [3.05, 3.63) is 100 Å². The van der Waals surface area contributed by atoms with E-state index < -0.39 is 41.7 Å². The predicted molar refractivity (Wildman–Crippen MR) is 235 cm³/mol. The van der Waals surface area contributed by atoms with E-state index in [1.165, 1.54) is 56.9 Å². The molecule has 69 heavy (non-hydrogen) atoms. The van der Waals surface area contributed by atoms with Gasteiger partial charge in [0.15, 0.2) is 23.0 Å².